The summed E-state index contributed by atoms with van der Waals surface area (Å²) in [5, 5.41) is 3.29. The quantitative estimate of drug-likeness (QED) is 0.346. The summed E-state index contributed by atoms with van der Waals surface area (Å²) in [6.07, 6.45) is 0.460. The molecular weight excluding hydrogens is 496 g/mol. The molecule has 0 aliphatic carbocycles. The van der Waals surface area contributed by atoms with Crippen LogP contribution < -0.4 is 16.0 Å². The summed E-state index contributed by atoms with van der Waals surface area (Å²) < 4.78 is 13.1. The third kappa shape index (κ3) is 6.58. The van der Waals surface area contributed by atoms with Crippen LogP contribution in [0, 0.1) is 11.7 Å². The number of aliphatic imine (C=N–C) groups is 1. The maximum Gasteiger partial charge on any atom is 0.222 e. The van der Waals surface area contributed by atoms with Crippen molar-refractivity contribution < 1.29 is 9.18 Å². The van der Waals surface area contributed by atoms with Gasteiger partial charge in [0.25, 0.3) is 0 Å². The largest absolute Gasteiger partial charge is 0.369 e. The number of carbonyl (C=O) groups is 1. The summed E-state index contributed by atoms with van der Waals surface area (Å²) in [5.41, 5.74) is 7.69. The van der Waals surface area contributed by atoms with E-state index in [1.165, 1.54) is 17.8 Å². The van der Waals surface area contributed by atoms with Crippen molar-refractivity contribution in [3.8, 4) is 0 Å². The van der Waals surface area contributed by atoms with Gasteiger partial charge in [-0.3, -0.25) is 9.79 Å². The fourth-order valence-corrected chi connectivity index (χ4v) is 3.54. The van der Waals surface area contributed by atoms with E-state index in [0.717, 1.165) is 37.7 Å². The van der Waals surface area contributed by atoms with Gasteiger partial charge in [-0.2, -0.15) is 0 Å². The van der Waals surface area contributed by atoms with Crippen LogP contribution in [0.1, 0.15) is 5.56 Å². The van der Waals surface area contributed by atoms with E-state index in [2.05, 4.69) is 32.2 Å². The lowest BCUT2D eigenvalue weighted by molar-refractivity contribution is -0.121. The van der Waals surface area contributed by atoms with Crippen LogP contribution >= 0.6 is 24.0 Å². The van der Waals surface area contributed by atoms with Crippen LogP contribution in [0.3, 0.4) is 0 Å². The van der Waals surface area contributed by atoms with Gasteiger partial charge in [0.2, 0.25) is 5.91 Å². The normalized spacial score (nSPS) is 15.3. The van der Waals surface area contributed by atoms with Crippen LogP contribution in [0.4, 0.5) is 10.1 Å². The Kier molecular flexibility index (Phi) is 9.35. The molecule has 1 fully saturated rings. The van der Waals surface area contributed by atoms with Crippen molar-refractivity contribution >= 4 is 41.5 Å². The second kappa shape index (κ2) is 11.7. The Balaban J connectivity index is 0.00000320. The highest BCUT2D eigenvalue weighted by Crippen LogP contribution is 2.16. The molecule has 2 aromatic rings. The first kappa shape index (κ1) is 23.9. The van der Waals surface area contributed by atoms with E-state index in [-0.39, 0.29) is 35.7 Å². The number of rotatable bonds is 6. The number of hydrogen-bond donors (Lipinski definition) is 2. The van der Waals surface area contributed by atoms with E-state index in [1.54, 1.807) is 19.2 Å². The minimum Gasteiger partial charge on any atom is -0.369 e. The van der Waals surface area contributed by atoms with Crippen molar-refractivity contribution in [2.24, 2.45) is 16.6 Å². The number of anilines is 1. The number of hydrogen-bond acceptors (Lipinski definition) is 3. The maximum absolute atomic E-state index is 13.1. The second-order valence-corrected chi connectivity index (χ2v) is 7.17. The maximum atomic E-state index is 13.1. The minimum absolute atomic E-state index is 0. The number of benzene rings is 2. The predicted octanol–water partition coefficient (Wildman–Crippen LogP) is 2.49. The molecule has 0 saturated carbocycles. The number of halogens is 2. The molecule has 2 aromatic carbocycles. The van der Waals surface area contributed by atoms with Gasteiger partial charge in [-0.1, -0.05) is 30.3 Å². The van der Waals surface area contributed by atoms with Gasteiger partial charge in [0.05, 0.1) is 5.92 Å². The summed E-state index contributed by atoms with van der Waals surface area (Å²) in [5.74, 6) is -0.311. The molecule has 8 heteroatoms. The van der Waals surface area contributed by atoms with Crippen LogP contribution in [0.25, 0.3) is 0 Å². The summed E-state index contributed by atoms with van der Waals surface area (Å²) in [6, 6.07) is 16.5. The third-order valence-electron chi connectivity index (χ3n) is 5.22. The Labute approximate surface area is 194 Å². The average Bonchev–Trinajstić information content (AvgIpc) is 2.75. The Hall–Kier alpha value is -2.36. The van der Waals surface area contributed by atoms with Crippen molar-refractivity contribution in [2.75, 3.05) is 44.7 Å². The zero-order valence-corrected chi connectivity index (χ0v) is 19.5. The van der Waals surface area contributed by atoms with Gasteiger partial charge in [-0.25, -0.2) is 4.39 Å². The molecule has 1 unspecified atom stereocenters. The van der Waals surface area contributed by atoms with Crippen LogP contribution in [0.2, 0.25) is 0 Å². The second-order valence-electron chi connectivity index (χ2n) is 7.17. The van der Waals surface area contributed by atoms with Gasteiger partial charge < -0.3 is 20.9 Å². The molecule has 0 aromatic heterocycles. The lowest BCUT2D eigenvalue weighted by atomic mass is 9.98. The number of para-hydroxylation sites is 1. The van der Waals surface area contributed by atoms with Gasteiger partial charge in [0, 0.05) is 45.5 Å². The highest BCUT2D eigenvalue weighted by molar-refractivity contribution is 14.0. The Bertz CT molecular complexity index is 823. The fraction of sp³-hybridized carbons (Fsp3) is 0.364. The van der Waals surface area contributed by atoms with Gasteiger partial charge in [-0.05, 0) is 36.2 Å². The average molecular weight is 525 g/mol. The Morgan fingerprint density at radius 3 is 2.30 bits per heavy atom. The van der Waals surface area contributed by atoms with Crippen molar-refractivity contribution in [1.82, 2.24) is 10.2 Å². The molecule has 0 spiro atoms. The zero-order valence-electron chi connectivity index (χ0n) is 17.1. The van der Waals surface area contributed by atoms with E-state index in [0.29, 0.717) is 13.0 Å². The van der Waals surface area contributed by atoms with E-state index >= 15 is 0 Å². The van der Waals surface area contributed by atoms with Gasteiger partial charge in [0.15, 0.2) is 5.96 Å². The van der Waals surface area contributed by atoms with Crippen LogP contribution in [-0.4, -0.2) is 56.5 Å². The first-order chi connectivity index (χ1) is 14.1. The lowest BCUT2D eigenvalue weighted by Crippen LogP contribution is -2.53. The molecule has 3 N–H and O–H groups in total. The van der Waals surface area contributed by atoms with Crippen molar-refractivity contribution in [2.45, 2.75) is 6.42 Å². The number of guanidine groups is 1. The predicted molar refractivity (Wildman–Crippen MR) is 130 cm³/mol. The molecule has 1 atom stereocenters. The molecule has 3 rings (SSSR count). The van der Waals surface area contributed by atoms with E-state index in [1.807, 2.05) is 18.2 Å². The molecule has 1 amide bonds. The van der Waals surface area contributed by atoms with Gasteiger partial charge in [0.1, 0.15) is 5.82 Å². The lowest BCUT2D eigenvalue weighted by Gasteiger charge is -2.38. The summed E-state index contributed by atoms with van der Waals surface area (Å²) >= 11 is 0. The number of amides is 1. The number of nitrogens with one attached hydrogen (secondary N) is 1. The van der Waals surface area contributed by atoms with Gasteiger partial charge >= 0.3 is 0 Å². The first-order valence-corrected chi connectivity index (χ1v) is 9.86. The molecule has 1 heterocycles. The SMILES string of the molecule is CN=C(NCC(Cc1ccc(F)cc1)C(N)=O)N1CCN(c2ccccc2)CC1.I. The minimum atomic E-state index is -0.400. The zero-order chi connectivity index (χ0) is 20.6. The smallest absolute Gasteiger partial charge is 0.222 e. The number of nitrogens with zero attached hydrogens (tertiary/aromatic N) is 3. The number of nitrogens with two attached hydrogens (primary N) is 1. The first-order valence-electron chi connectivity index (χ1n) is 9.86. The van der Waals surface area contributed by atoms with Crippen molar-refractivity contribution in [1.29, 1.82) is 0 Å². The summed E-state index contributed by atoms with van der Waals surface area (Å²) in [7, 11) is 1.74. The highest BCUT2D eigenvalue weighted by atomic mass is 127. The van der Waals surface area contributed by atoms with Crippen LogP contribution in [0.5, 0.6) is 0 Å². The van der Waals surface area contributed by atoms with Gasteiger partial charge in [-0.15, -0.1) is 24.0 Å². The summed E-state index contributed by atoms with van der Waals surface area (Å²) in [4.78, 5) is 20.8. The number of primary amides is 1. The highest BCUT2D eigenvalue weighted by Gasteiger charge is 2.22. The van der Waals surface area contributed by atoms with Crippen LogP contribution in [0.15, 0.2) is 59.6 Å². The molecule has 30 heavy (non-hydrogen) atoms. The molecular formula is C22H29FIN5O. The molecule has 1 saturated heterocycles. The molecule has 1 aliphatic heterocycles. The van der Waals surface area contributed by atoms with Crippen molar-refractivity contribution in [3.63, 3.8) is 0 Å². The number of piperazine rings is 1. The number of carbonyl (C=O) groups excluding carboxylic acids is 1. The molecule has 1 aliphatic rings. The van der Waals surface area contributed by atoms with Crippen molar-refractivity contribution in [3.05, 3.63) is 66.0 Å². The molecule has 0 radical (unpaired) electrons. The van der Waals surface area contributed by atoms with E-state index in [4.69, 9.17) is 5.73 Å². The fourth-order valence-electron chi connectivity index (χ4n) is 3.54. The summed E-state index contributed by atoms with van der Waals surface area (Å²) in [6.45, 7) is 3.87. The standard InChI is InChI=1S/C22H28FN5O.HI/c1-25-22(28-13-11-27(12-14-28)20-5-3-2-4-6-20)26-16-18(21(24)29)15-17-7-9-19(23)10-8-17;/h2-10,18H,11-16H2,1H3,(H2,24,29)(H,25,26);1H. The van der Waals surface area contributed by atoms with Crippen LogP contribution in [-0.2, 0) is 11.2 Å². The monoisotopic (exact) mass is 525 g/mol. The molecule has 162 valence electrons. The third-order valence-corrected chi connectivity index (χ3v) is 5.22. The topological polar surface area (TPSA) is 74.0 Å². The van der Waals surface area contributed by atoms with E-state index in [9.17, 15) is 9.18 Å². The molecule has 6 nitrogen and oxygen atoms in total. The Morgan fingerprint density at radius 1 is 1.10 bits per heavy atom. The van der Waals surface area contributed by atoms with E-state index < -0.39 is 5.92 Å². The Morgan fingerprint density at radius 2 is 1.73 bits per heavy atom. The molecule has 0 bridgehead atoms.